The first-order valence-electron chi connectivity index (χ1n) is 3.88. The third-order valence-corrected chi connectivity index (χ3v) is 1.99. The van der Waals surface area contributed by atoms with Gasteiger partial charge in [0.15, 0.2) is 0 Å². The highest BCUT2D eigenvalue weighted by atomic mass is 16.7. The summed E-state index contributed by atoms with van der Waals surface area (Å²) >= 11 is 0. The van der Waals surface area contributed by atoms with E-state index in [0.717, 1.165) is 0 Å². The molecular formula is C8H9N3O3. The number of benzene rings is 1. The van der Waals surface area contributed by atoms with Crippen molar-refractivity contribution in [1.82, 2.24) is 5.17 Å². The Morgan fingerprint density at radius 3 is 2.64 bits per heavy atom. The highest BCUT2D eigenvalue weighted by Crippen LogP contribution is 2.37. The van der Waals surface area contributed by atoms with Crippen LogP contribution in [-0.4, -0.2) is 20.7 Å². The van der Waals surface area contributed by atoms with E-state index in [9.17, 15) is 10.3 Å². The van der Waals surface area contributed by atoms with E-state index in [2.05, 4.69) is 0 Å². The van der Waals surface area contributed by atoms with E-state index >= 15 is 0 Å². The lowest BCUT2D eigenvalue weighted by Gasteiger charge is -2.29. The number of phenols is 1. The third-order valence-electron chi connectivity index (χ3n) is 1.99. The number of nitrogens with zero attached hydrogens (tertiary/aromatic N) is 2. The van der Waals surface area contributed by atoms with Gasteiger partial charge in [-0.1, -0.05) is 0 Å². The van der Waals surface area contributed by atoms with Crippen LogP contribution in [0.2, 0.25) is 0 Å². The second kappa shape index (κ2) is 2.79. The monoisotopic (exact) mass is 195 g/mol. The third kappa shape index (κ3) is 1.05. The Labute approximate surface area is 79.6 Å². The molecule has 0 unspecified atom stereocenters. The van der Waals surface area contributed by atoms with Crippen LogP contribution in [0, 0.1) is 0 Å². The van der Waals surface area contributed by atoms with Crippen LogP contribution < -0.4 is 10.9 Å². The molecule has 1 aromatic carbocycles. The zero-order valence-corrected chi connectivity index (χ0v) is 7.12. The summed E-state index contributed by atoms with van der Waals surface area (Å²) in [4.78, 5) is 0. The quantitative estimate of drug-likeness (QED) is 0.361. The Bertz CT molecular complexity index is 405. The SMILES string of the molecule is Nc1ccc(O)c2c1N(O)N(O)C=C2. The van der Waals surface area contributed by atoms with Crippen LogP contribution in [0.5, 0.6) is 5.75 Å². The minimum absolute atomic E-state index is 0.0161. The molecule has 6 heteroatoms. The smallest absolute Gasteiger partial charge is 0.125 e. The maximum atomic E-state index is 9.44. The number of aromatic hydroxyl groups is 1. The van der Waals surface area contributed by atoms with Crippen LogP contribution in [0.3, 0.4) is 0 Å². The number of hydroxylamine groups is 1. The molecule has 1 aliphatic heterocycles. The zero-order valence-electron chi connectivity index (χ0n) is 7.12. The number of nitrogens with two attached hydrogens (primary N) is 1. The zero-order chi connectivity index (χ0) is 10.3. The van der Waals surface area contributed by atoms with Crippen LogP contribution in [0.15, 0.2) is 18.3 Å². The number of hydrazine groups is 1. The highest BCUT2D eigenvalue weighted by Gasteiger charge is 2.21. The predicted molar refractivity (Wildman–Crippen MR) is 49.4 cm³/mol. The largest absolute Gasteiger partial charge is 0.507 e. The Balaban J connectivity index is 2.67. The van der Waals surface area contributed by atoms with Crippen molar-refractivity contribution in [1.29, 1.82) is 0 Å². The number of hydrogen-bond donors (Lipinski definition) is 4. The number of rotatable bonds is 0. The minimum atomic E-state index is -0.0161. The summed E-state index contributed by atoms with van der Waals surface area (Å²) in [5.74, 6) is -0.0161. The number of nitrogen functional groups attached to an aromatic ring is 1. The van der Waals surface area contributed by atoms with Gasteiger partial charge < -0.3 is 10.8 Å². The van der Waals surface area contributed by atoms with Gasteiger partial charge in [0.05, 0.1) is 11.9 Å². The second-order valence-electron chi connectivity index (χ2n) is 2.86. The molecule has 74 valence electrons. The van der Waals surface area contributed by atoms with Gasteiger partial charge in [-0.2, -0.15) is 0 Å². The molecule has 0 atom stereocenters. The van der Waals surface area contributed by atoms with Gasteiger partial charge in [-0.25, -0.2) is 0 Å². The average molecular weight is 195 g/mol. The Kier molecular flexibility index (Phi) is 1.73. The van der Waals surface area contributed by atoms with E-state index in [0.29, 0.717) is 15.9 Å². The maximum Gasteiger partial charge on any atom is 0.125 e. The summed E-state index contributed by atoms with van der Waals surface area (Å²) in [7, 11) is 0. The van der Waals surface area contributed by atoms with Crippen molar-refractivity contribution in [2.24, 2.45) is 0 Å². The molecule has 0 fully saturated rings. The van der Waals surface area contributed by atoms with Crippen molar-refractivity contribution >= 4 is 17.5 Å². The van der Waals surface area contributed by atoms with Gasteiger partial charge in [-0.15, -0.1) is 10.3 Å². The second-order valence-corrected chi connectivity index (χ2v) is 2.86. The Hall–Kier alpha value is -1.92. The molecule has 14 heavy (non-hydrogen) atoms. The molecule has 6 nitrogen and oxygen atoms in total. The van der Waals surface area contributed by atoms with Gasteiger partial charge in [0.25, 0.3) is 0 Å². The molecule has 1 heterocycles. The lowest BCUT2D eigenvalue weighted by Crippen LogP contribution is -2.36. The summed E-state index contributed by atoms with van der Waals surface area (Å²) in [6.45, 7) is 0. The molecular weight excluding hydrogens is 186 g/mol. The van der Waals surface area contributed by atoms with Crippen LogP contribution in [0.1, 0.15) is 5.56 Å². The van der Waals surface area contributed by atoms with Gasteiger partial charge >= 0.3 is 0 Å². The van der Waals surface area contributed by atoms with Gasteiger partial charge in [0, 0.05) is 5.56 Å². The van der Waals surface area contributed by atoms with Crippen molar-refractivity contribution in [2.75, 3.05) is 10.9 Å². The van der Waals surface area contributed by atoms with Crippen molar-refractivity contribution in [3.63, 3.8) is 0 Å². The lowest BCUT2D eigenvalue weighted by atomic mass is 10.1. The normalized spacial score (nSPS) is 14.4. The summed E-state index contributed by atoms with van der Waals surface area (Å²) in [6.07, 6.45) is 2.62. The molecule has 0 amide bonds. The average Bonchev–Trinajstić information content (AvgIpc) is 2.16. The van der Waals surface area contributed by atoms with E-state index < -0.39 is 0 Å². The molecule has 0 aliphatic carbocycles. The first-order chi connectivity index (χ1) is 6.61. The molecule has 5 N–H and O–H groups in total. The Morgan fingerprint density at radius 2 is 1.93 bits per heavy atom. The fraction of sp³-hybridized carbons (Fsp3) is 0. The highest BCUT2D eigenvalue weighted by molar-refractivity contribution is 5.82. The fourth-order valence-corrected chi connectivity index (χ4v) is 1.31. The molecule has 0 radical (unpaired) electrons. The molecule has 0 spiro atoms. The molecule has 0 bridgehead atoms. The lowest BCUT2D eigenvalue weighted by molar-refractivity contribution is -0.122. The van der Waals surface area contributed by atoms with Gasteiger partial charge in [0.1, 0.15) is 11.4 Å². The van der Waals surface area contributed by atoms with Crippen molar-refractivity contribution in [2.45, 2.75) is 0 Å². The van der Waals surface area contributed by atoms with Crippen molar-refractivity contribution in [3.05, 3.63) is 23.9 Å². The summed E-state index contributed by atoms with van der Waals surface area (Å²) in [5.41, 5.74) is 6.34. The first-order valence-corrected chi connectivity index (χ1v) is 3.88. The molecule has 0 saturated carbocycles. The molecule has 2 rings (SSSR count). The van der Waals surface area contributed by atoms with E-state index in [1.807, 2.05) is 0 Å². The number of fused-ring (bicyclic) bond motifs is 1. The van der Waals surface area contributed by atoms with E-state index in [4.69, 9.17) is 10.9 Å². The van der Waals surface area contributed by atoms with Gasteiger partial charge in [-0.3, -0.25) is 10.4 Å². The minimum Gasteiger partial charge on any atom is -0.507 e. The fourth-order valence-electron chi connectivity index (χ4n) is 1.31. The van der Waals surface area contributed by atoms with E-state index in [-0.39, 0.29) is 17.1 Å². The molecule has 1 aromatic rings. The standard InChI is InChI=1S/C8H9N3O3/c9-6-1-2-7(12)5-3-4-10(13)11(14)8(5)6/h1-4,12-14H,9H2. The number of phenolic OH excluding ortho intramolecular Hbond substituents is 1. The van der Waals surface area contributed by atoms with E-state index in [1.54, 1.807) is 0 Å². The van der Waals surface area contributed by atoms with Crippen LogP contribution >= 0.6 is 0 Å². The first kappa shape index (κ1) is 8.67. The van der Waals surface area contributed by atoms with Crippen LogP contribution in [-0.2, 0) is 0 Å². The summed E-state index contributed by atoms with van der Waals surface area (Å²) in [5, 5.41) is 28.9. The van der Waals surface area contributed by atoms with Crippen molar-refractivity contribution in [3.8, 4) is 5.75 Å². The molecule has 0 aromatic heterocycles. The van der Waals surface area contributed by atoms with Crippen LogP contribution in [0.25, 0.3) is 6.08 Å². The van der Waals surface area contributed by atoms with Crippen molar-refractivity contribution < 1.29 is 15.5 Å². The predicted octanol–water partition coefficient (Wildman–Crippen LogP) is 0.761. The topological polar surface area (TPSA) is 93.2 Å². The van der Waals surface area contributed by atoms with Crippen LogP contribution in [0.4, 0.5) is 11.4 Å². The van der Waals surface area contributed by atoms with Gasteiger partial charge in [-0.05, 0) is 18.2 Å². The van der Waals surface area contributed by atoms with E-state index in [1.165, 1.54) is 24.4 Å². The molecule has 0 saturated heterocycles. The maximum absolute atomic E-state index is 9.44. The van der Waals surface area contributed by atoms with Gasteiger partial charge in [0.2, 0.25) is 0 Å². The summed E-state index contributed by atoms with van der Waals surface area (Å²) in [6, 6.07) is 2.85. The summed E-state index contributed by atoms with van der Waals surface area (Å²) < 4.78 is 0. The number of hydrogen-bond acceptors (Lipinski definition) is 6. The molecule has 1 aliphatic rings. The number of anilines is 2. The Morgan fingerprint density at radius 1 is 1.21 bits per heavy atom.